The molecule has 0 aromatic rings. The van der Waals surface area contributed by atoms with Crippen molar-refractivity contribution >= 4 is 5.91 Å². The predicted octanol–water partition coefficient (Wildman–Crippen LogP) is 1.15. The quantitative estimate of drug-likeness (QED) is 0.743. The van der Waals surface area contributed by atoms with Crippen LogP contribution in [0.1, 0.15) is 19.8 Å². The van der Waals surface area contributed by atoms with Gasteiger partial charge in [0.25, 0.3) is 0 Å². The van der Waals surface area contributed by atoms with E-state index in [0.717, 1.165) is 4.90 Å². The van der Waals surface area contributed by atoms with Gasteiger partial charge in [0.05, 0.1) is 6.04 Å². The lowest BCUT2D eigenvalue weighted by molar-refractivity contribution is -0.162. The molecule has 0 bridgehead atoms. The monoisotopic (exact) mass is 256 g/mol. The molecule has 0 aliphatic rings. The summed E-state index contributed by atoms with van der Waals surface area (Å²) in [5.41, 5.74) is 5.51. The van der Waals surface area contributed by atoms with Gasteiger partial charge in [0.2, 0.25) is 5.91 Å². The summed E-state index contributed by atoms with van der Waals surface area (Å²) in [6.45, 7) is 0.760. The summed E-state index contributed by atoms with van der Waals surface area (Å²) in [5, 5.41) is 0. The van der Waals surface area contributed by atoms with Gasteiger partial charge in [-0.2, -0.15) is 13.2 Å². The molecule has 0 saturated heterocycles. The minimum absolute atomic E-state index is 0.0546. The van der Waals surface area contributed by atoms with Crippen molar-refractivity contribution < 1.29 is 22.7 Å². The minimum atomic E-state index is -4.40. The number of rotatable bonds is 7. The van der Waals surface area contributed by atoms with Crippen molar-refractivity contribution in [2.75, 3.05) is 26.8 Å². The van der Waals surface area contributed by atoms with Crippen LogP contribution in [0.2, 0.25) is 0 Å². The van der Waals surface area contributed by atoms with Crippen molar-refractivity contribution in [2.24, 2.45) is 5.73 Å². The molecule has 1 amide bonds. The van der Waals surface area contributed by atoms with E-state index in [9.17, 15) is 18.0 Å². The second kappa shape index (κ2) is 7.50. The summed E-state index contributed by atoms with van der Waals surface area (Å²) >= 11 is 0. The van der Waals surface area contributed by atoms with Crippen LogP contribution in [-0.4, -0.2) is 49.8 Å². The third-order valence-electron chi connectivity index (χ3n) is 2.13. The van der Waals surface area contributed by atoms with E-state index in [1.807, 2.05) is 0 Å². The van der Waals surface area contributed by atoms with Gasteiger partial charge in [-0.15, -0.1) is 0 Å². The molecule has 0 aromatic heterocycles. The van der Waals surface area contributed by atoms with Crippen molar-refractivity contribution in [2.45, 2.75) is 32.0 Å². The molecule has 0 fully saturated rings. The molecule has 0 saturated carbocycles. The van der Waals surface area contributed by atoms with Crippen LogP contribution in [0, 0.1) is 0 Å². The van der Waals surface area contributed by atoms with Gasteiger partial charge >= 0.3 is 6.18 Å². The zero-order valence-electron chi connectivity index (χ0n) is 10.1. The van der Waals surface area contributed by atoms with Gasteiger partial charge in [-0.05, 0) is 12.8 Å². The van der Waals surface area contributed by atoms with Crippen LogP contribution >= 0.6 is 0 Å². The first-order valence-electron chi connectivity index (χ1n) is 5.41. The van der Waals surface area contributed by atoms with E-state index in [4.69, 9.17) is 10.5 Å². The summed E-state index contributed by atoms with van der Waals surface area (Å²) in [6.07, 6.45) is -3.72. The number of ether oxygens (including phenoxy) is 1. The Balaban J connectivity index is 4.42. The Bertz CT molecular complexity index is 234. The zero-order chi connectivity index (χ0) is 13.5. The molecular formula is C10H19F3N2O2. The lowest BCUT2D eigenvalue weighted by Gasteiger charge is -2.26. The lowest BCUT2D eigenvalue weighted by Crippen LogP contribution is -2.48. The number of hydrogen-bond donors (Lipinski definition) is 1. The Morgan fingerprint density at radius 1 is 1.47 bits per heavy atom. The fourth-order valence-corrected chi connectivity index (χ4v) is 1.36. The van der Waals surface area contributed by atoms with Gasteiger partial charge in [-0.3, -0.25) is 4.79 Å². The second-order valence-electron chi connectivity index (χ2n) is 3.76. The molecule has 0 aliphatic carbocycles. The van der Waals surface area contributed by atoms with E-state index in [0.29, 0.717) is 6.42 Å². The molecule has 4 nitrogen and oxygen atoms in total. The molecule has 0 heterocycles. The van der Waals surface area contributed by atoms with E-state index < -0.39 is 24.7 Å². The van der Waals surface area contributed by atoms with Crippen molar-refractivity contribution in [3.63, 3.8) is 0 Å². The van der Waals surface area contributed by atoms with Gasteiger partial charge in [0.15, 0.2) is 0 Å². The maximum absolute atomic E-state index is 12.2. The highest BCUT2D eigenvalue weighted by molar-refractivity contribution is 5.81. The molecule has 2 N–H and O–H groups in total. The number of amides is 1. The standard InChI is InChI=1S/C10H19F3N2O2/c1-3-5-15(7-10(11,12)13)9(16)8(14)4-6-17-2/h8H,3-7,14H2,1-2H3. The minimum Gasteiger partial charge on any atom is -0.385 e. The van der Waals surface area contributed by atoms with Crippen molar-refractivity contribution in [3.05, 3.63) is 0 Å². The smallest absolute Gasteiger partial charge is 0.385 e. The van der Waals surface area contributed by atoms with E-state index in [1.54, 1.807) is 6.92 Å². The lowest BCUT2D eigenvalue weighted by atomic mass is 10.2. The third-order valence-corrected chi connectivity index (χ3v) is 2.13. The van der Waals surface area contributed by atoms with E-state index >= 15 is 0 Å². The summed E-state index contributed by atoms with van der Waals surface area (Å²) in [6, 6.07) is -0.941. The van der Waals surface area contributed by atoms with Crippen LogP contribution in [0.25, 0.3) is 0 Å². The molecule has 102 valence electrons. The third kappa shape index (κ3) is 7.17. The van der Waals surface area contributed by atoms with Gasteiger partial charge in [0, 0.05) is 20.3 Å². The van der Waals surface area contributed by atoms with Crippen LogP contribution < -0.4 is 5.73 Å². The Morgan fingerprint density at radius 2 is 2.06 bits per heavy atom. The average molecular weight is 256 g/mol. The predicted molar refractivity (Wildman–Crippen MR) is 57.4 cm³/mol. The number of hydrogen-bond acceptors (Lipinski definition) is 3. The van der Waals surface area contributed by atoms with Crippen LogP contribution in [0.3, 0.4) is 0 Å². The van der Waals surface area contributed by atoms with Crippen molar-refractivity contribution in [1.29, 1.82) is 0 Å². The molecule has 1 unspecified atom stereocenters. The normalized spacial score (nSPS) is 13.5. The number of alkyl halides is 3. The SMILES string of the molecule is CCCN(CC(F)(F)F)C(=O)C(N)CCOC. The van der Waals surface area contributed by atoms with Crippen LogP contribution in [0.4, 0.5) is 13.2 Å². The average Bonchev–Trinajstić information content (AvgIpc) is 2.22. The first kappa shape index (κ1) is 16.2. The molecule has 0 rings (SSSR count). The highest BCUT2D eigenvalue weighted by atomic mass is 19.4. The first-order valence-corrected chi connectivity index (χ1v) is 5.41. The Labute approximate surface area is 98.9 Å². The van der Waals surface area contributed by atoms with E-state index in [2.05, 4.69) is 0 Å². The van der Waals surface area contributed by atoms with Crippen molar-refractivity contribution in [1.82, 2.24) is 4.90 Å². The van der Waals surface area contributed by atoms with E-state index in [1.165, 1.54) is 7.11 Å². The summed E-state index contributed by atoms with van der Waals surface area (Å²) in [5.74, 6) is -0.679. The second-order valence-corrected chi connectivity index (χ2v) is 3.76. The highest BCUT2D eigenvalue weighted by Crippen LogP contribution is 2.17. The van der Waals surface area contributed by atoms with Gasteiger partial charge in [-0.1, -0.05) is 6.92 Å². The Hall–Kier alpha value is -0.820. The highest BCUT2D eigenvalue weighted by Gasteiger charge is 2.34. The van der Waals surface area contributed by atoms with E-state index in [-0.39, 0.29) is 19.6 Å². The van der Waals surface area contributed by atoms with Gasteiger partial charge in [-0.25, -0.2) is 0 Å². The number of methoxy groups -OCH3 is 1. The van der Waals surface area contributed by atoms with Gasteiger partial charge in [0.1, 0.15) is 6.54 Å². The topological polar surface area (TPSA) is 55.6 Å². The number of carbonyl (C=O) groups is 1. The molecular weight excluding hydrogens is 237 g/mol. The van der Waals surface area contributed by atoms with Crippen LogP contribution in [0.5, 0.6) is 0 Å². The first-order chi connectivity index (χ1) is 7.81. The Kier molecular flexibility index (Phi) is 7.13. The molecule has 17 heavy (non-hydrogen) atoms. The summed E-state index contributed by atoms with van der Waals surface area (Å²) < 4.78 is 41.5. The zero-order valence-corrected chi connectivity index (χ0v) is 10.1. The number of carbonyl (C=O) groups excluding carboxylic acids is 1. The fourth-order valence-electron chi connectivity index (χ4n) is 1.36. The van der Waals surface area contributed by atoms with Crippen LogP contribution in [-0.2, 0) is 9.53 Å². The molecule has 1 atom stereocenters. The fraction of sp³-hybridized carbons (Fsp3) is 0.900. The number of nitrogens with zero attached hydrogens (tertiary/aromatic N) is 1. The molecule has 0 spiro atoms. The summed E-state index contributed by atoms with van der Waals surface area (Å²) in [7, 11) is 1.44. The summed E-state index contributed by atoms with van der Waals surface area (Å²) in [4.78, 5) is 12.4. The molecule has 0 radical (unpaired) electrons. The molecule has 0 aliphatic heterocycles. The molecule has 0 aromatic carbocycles. The number of halogens is 3. The maximum atomic E-state index is 12.2. The van der Waals surface area contributed by atoms with Crippen molar-refractivity contribution in [3.8, 4) is 0 Å². The van der Waals surface area contributed by atoms with Gasteiger partial charge < -0.3 is 15.4 Å². The van der Waals surface area contributed by atoms with Crippen LogP contribution in [0.15, 0.2) is 0 Å². The molecule has 7 heteroatoms. The largest absolute Gasteiger partial charge is 0.406 e. The Morgan fingerprint density at radius 3 is 2.47 bits per heavy atom. The number of nitrogens with two attached hydrogens (primary N) is 1. The maximum Gasteiger partial charge on any atom is 0.406 e.